The van der Waals surface area contributed by atoms with Crippen LogP contribution in [0.2, 0.25) is 0 Å². The molecule has 3 aliphatic carbocycles. The molecule has 4 atom stereocenters. The number of amides is 2. The summed E-state index contributed by atoms with van der Waals surface area (Å²) in [6.45, 7) is 0. The van der Waals surface area contributed by atoms with Gasteiger partial charge < -0.3 is 5.11 Å². The van der Waals surface area contributed by atoms with Crippen molar-refractivity contribution in [3.05, 3.63) is 11.1 Å². The lowest BCUT2D eigenvalue weighted by Gasteiger charge is -2.33. The second-order valence-electron chi connectivity index (χ2n) is 6.89. The number of aliphatic carboxylic acids is 1. The SMILES string of the molecule is O=C(O)C1CC2CC1C(N1C(=O)C3=C(CCCC3)C1=O)C2. The zero-order valence-electron chi connectivity index (χ0n) is 11.9. The maximum absolute atomic E-state index is 12.6. The minimum absolute atomic E-state index is 0.0400. The average Bonchev–Trinajstić information content (AvgIpc) is 3.13. The molecule has 2 amide bonds. The van der Waals surface area contributed by atoms with Crippen LogP contribution in [0, 0.1) is 17.8 Å². The van der Waals surface area contributed by atoms with E-state index in [1.54, 1.807) is 0 Å². The van der Waals surface area contributed by atoms with Crippen molar-refractivity contribution in [3.63, 3.8) is 0 Å². The molecule has 0 radical (unpaired) electrons. The highest BCUT2D eigenvalue weighted by atomic mass is 16.4. The van der Waals surface area contributed by atoms with Crippen molar-refractivity contribution in [1.82, 2.24) is 4.90 Å². The van der Waals surface area contributed by atoms with Gasteiger partial charge in [-0.15, -0.1) is 0 Å². The number of carboxylic acid groups (broad SMARTS) is 1. The van der Waals surface area contributed by atoms with E-state index in [-0.39, 0.29) is 29.7 Å². The summed E-state index contributed by atoms with van der Waals surface area (Å²) < 4.78 is 0. The van der Waals surface area contributed by atoms with E-state index in [2.05, 4.69) is 0 Å². The fourth-order valence-corrected chi connectivity index (χ4v) is 4.96. The molecule has 2 fully saturated rings. The number of imide groups is 1. The van der Waals surface area contributed by atoms with Crippen LogP contribution in [0.25, 0.3) is 0 Å². The van der Waals surface area contributed by atoms with Crippen LogP contribution in [0.4, 0.5) is 0 Å². The van der Waals surface area contributed by atoms with Crippen molar-refractivity contribution in [2.45, 2.75) is 51.0 Å². The van der Waals surface area contributed by atoms with Crippen LogP contribution >= 0.6 is 0 Å². The molecule has 21 heavy (non-hydrogen) atoms. The summed E-state index contributed by atoms with van der Waals surface area (Å²) in [5.41, 5.74) is 1.42. The highest BCUT2D eigenvalue weighted by Gasteiger charge is 2.55. The van der Waals surface area contributed by atoms with Crippen molar-refractivity contribution in [2.75, 3.05) is 0 Å². The molecule has 0 aromatic heterocycles. The summed E-state index contributed by atoms with van der Waals surface area (Å²) in [4.78, 5) is 38.0. The molecule has 1 N–H and O–H groups in total. The summed E-state index contributed by atoms with van der Waals surface area (Å²) in [5, 5.41) is 9.34. The third-order valence-corrected chi connectivity index (χ3v) is 5.85. The van der Waals surface area contributed by atoms with Crippen molar-refractivity contribution in [2.24, 2.45) is 17.8 Å². The molecule has 4 rings (SSSR count). The van der Waals surface area contributed by atoms with E-state index >= 15 is 0 Å². The van der Waals surface area contributed by atoms with Crippen LogP contribution < -0.4 is 0 Å². The number of rotatable bonds is 2. The molecule has 1 heterocycles. The Labute approximate surface area is 123 Å². The fraction of sp³-hybridized carbons (Fsp3) is 0.688. The van der Waals surface area contributed by atoms with Gasteiger partial charge in [0.1, 0.15) is 0 Å². The van der Waals surface area contributed by atoms with E-state index in [9.17, 15) is 19.5 Å². The number of carbonyl (C=O) groups is 3. The normalized spacial score (nSPS) is 38.4. The minimum Gasteiger partial charge on any atom is -0.481 e. The van der Waals surface area contributed by atoms with Gasteiger partial charge in [0.15, 0.2) is 0 Å². The smallest absolute Gasteiger partial charge is 0.306 e. The van der Waals surface area contributed by atoms with Crippen molar-refractivity contribution in [3.8, 4) is 0 Å². The lowest BCUT2D eigenvalue weighted by molar-refractivity contribution is -0.149. The van der Waals surface area contributed by atoms with Crippen LogP contribution in [-0.4, -0.2) is 33.8 Å². The third-order valence-electron chi connectivity index (χ3n) is 5.85. The molecule has 0 aromatic carbocycles. The van der Waals surface area contributed by atoms with Crippen LogP contribution in [-0.2, 0) is 14.4 Å². The summed E-state index contributed by atoms with van der Waals surface area (Å²) in [7, 11) is 0. The van der Waals surface area contributed by atoms with Crippen molar-refractivity contribution < 1.29 is 19.5 Å². The molecule has 1 aliphatic heterocycles. The number of carboxylic acids is 1. The molecule has 0 aromatic rings. The van der Waals surface area contributed by atoms with Gasteiger partial charge in [0.05, 0.1) is 5.92 Å². The summed E-state index contributed by atoms with van der Waals surface area (Å²) in [6, 6.07) is -0.185. The first-order valence-corrected chi connectivity index (χ1v) is 7.90. The molecule has 2 bridgehead atoms. The quantitative estimate of drug-likeness (QED) is 0.785. The van der Waals surface area contributed by atoms with Gasteiger partial charge in [0.2, 0.25) is 0 Å². The van der Waals surface area contributed by atoms with Crippen LogP contribution in [0.3, 0.4) is 0 Å². The van der Waals surface area contributed by atoms with Gasteiger partial charge in [0, 0.05) is 17.2 Å². The third kappa shape index (κ3) is 1.72. The van der Waals surface area contributed by atoms with Gasteiger partial charge in [-0.05, 0) is 56.8 Å². The Kier molecular flexibility index (Phi) is 2.75. The lowest BCUT2D eigenvalue weighted by atomic mass is 9.84. The number of hydrogen-bond donors (Lipinski definition) is 1. The molecule has 5 heteroatoms. The summed E-state index contributed by atoms with van der Waals surface area (Å²) >= 11 is 0. The Hall–Kier alpha value is -1.65. The topological polar surface area (TPSA) is 74.7 Å². The fourth-order valence-electron chi connectivity index (χ4n) is 4.96. The first-order chi connectivity index (χ1) is 10.1. The molecule has 5 nitrogen and oxygen atoms in total. The molecule has 2 saturated carbocycles. The number of hydrogen-bond acceptors (Lipinski definition) is 3. The Morgan fingerprint density at radius 2 is 1.62 bits per heavy atom. The Morgan fingerprint density at radius 3 is 2.14 bits per heavy atom. The van der Waals surface area contributed by atoms with Gasteiger partial charge in [0.25, 0.3) is 11.8 Å². The molecular formula is C16H19NO4. The van der Waals surface area contributed by atoms with E-state index in [1.165, 1.54) is 4.90 Å². The van der Waals surface area contributed by atoms with E-state index in [1.807, 2.05) is 0 Å². The van der Waals surface area contributed by atoms with E-state index in [0.717, 1.165) is 25.7 Å². The largest absolute Gasteiger partial charge is 0.481 e. The molecule has 4 aliphatic rings. The Balaban J connectivity index is 1.62. The second-order valence-corrected chi connectivity index (χ2v) is 6.89. The van der Waals surface area contributed by atoms with Crippen molar-refractivity contribution in [1.29, 1.82) is 0 Å². The number of nitrogens with zero attached hydrogens (tertiary/aromatic N) is 1. The maximum Gasteiger partial charge on any atom is 0.306 e. The maximum atomic E-state index is 12.6. The van der Waals surface area contributed by atoms with E-state index in [0.29, 0.717) is 36.3 Å². The molecular weight excluding hydrogens is 270 g/mol. The summed E-state index contributed by atoms with van der Waals surface area (Å²) in [6.07, 6.45) is 5.72. The second kappa shape index (κ2) is 4.42. The monoisotopic (exact) mass is 289 g/mol. The molecule has 4 unspecified atom stereocenters. The zero-order valence-corrected chi connectivity index (χ0v) is 11.9. The van der Waals surface area contributed by atoms with E-state index < -0.39 is 5.97 Å². The minimum atomic E-state index is -0.774. The highest BCUT2D eigenvalue weighted by molar-refractivity contribution is 6.19. The predicted octanol–water partition coefficient (Wildman–Crippen LogP) is 1.73. The van der Waals surface area contributed by atoms with Crippen LogP contribution in [0.1, 0.15) is 44.9 Å². The zero-order chi connectivity index (χ0) is 14.7. The van der Waals surface area contributed by atoms with Gasteiger partial charge in [-0.1, -0.05) is 0 Å². The molecule has 112 valence electrons. The van der Waals surface area contributed by atoms with Crippen LogP contribution in [0.5, 0.6) is 0 Å². The molecule has 0 spiro atoms. The Morgan fingerprint density at radius 1 is 1.00 bits per heavy atom. The van der Waals surface area contributed by atoms with Crippen molar-refractivity contribution >= 4 is 17.8 Å². The average molecular weight is 289 g/mol. The first-order valence-electron chi connectivity index (χ1n) is 7.90. The van der Waals surface area contributed by atoms with Gasteiger partial charge in [-0.25, -0.2) is 0 Å². The highest BCUT2D eigenvalue weighted by Crippen LogP contribution is 2.52. The molecule has 0 saturated heterocycles. The van der Waals surface area contributed by atoms with Gasteiger partial charge in [-0.3, -0.25) is 19.3 Å². The number of fused-ring (bicyclic) bond motifs is 2. The predicted molar refractivity (Wildman–Crippen MR) is 73.1 cm³/mol. The Bertz CT molecular complexity index is 551. The first kappa shape index (κ1) is 13.0. The number of carbonyl (C=O) groups excluding carboxylic acids is 2. The van der Waals surface area contributed by atoms with Gasteiger partial charge in [-0.2, -0.15) is 0 Å². The lowest BCUT2D eigenvalue weighted by Crippen LogP contribution is -2.47. The standard InChI is InChI=1S/C16H19NO4/c18-14-9-3-1-2-4-10(9)15(19)17(14)13-7-8-5-11(13)12(6-8)16(20)21/h8,11-13H,1-7H2,(H,20,21). The van der Waals surface area contributed by atoms with Crippen LogP contribution in [0.15, 0.2) is 11.1 Å². The van der Waals surface area contributed by atoms with E-state index in [4.69, 9.17) is 0 Å². The summed E-state index contributed by atoms with van der Waals surface area (Å²) in [5.74, 6) is -1.09. The van der Waals surface area contributed by atoms with Gasteiger partial charge >= 0.3 is 5.97 Å².